The molecular formula is C20H27NO2. The average molecular weight is 313 g/mol. The third-order valence-corrected chi connectivity index (χ3v) is 6.13. The molecule has 2 aliphatic heterocycles. The van der Waals surface area contributed by atoms with Crippen molar-refractivity contribution >= 4 is 5.97 Å². The lowest BCUT2D eigenvalue weighted by atomic mass is 9.59. The van der Waals surface area contributed by atoms with Crippen LogP contribution in [0.2, 0.25) is 0 Å². The van der Waals surface area contributed by atoms with Crippen LogP contribution in [0.3, 0.4) is 0 Å². The molecule has 3 aliphatic rings. The van der Waals surface area contributed by atoms with Gasteiger partial charge in [0.1, 0.15) is 6.04 Å². The smallest absolute Gasteiger partial charge is 0.321 e. The van der Waals surface area contributed by atoms with Crippen molar-refractivity contribution in [1.29, 1.82) is 0 Å². The molecule has 0 radical (unpaired) electrons. The van der Waals surface area contributed by atoms with Crippen molar-refractivity contribution in [2.24, 2.45) is 11.3 Å². The minimum absolute atomic E-state index is 0.0734. The molecule has 1 aromatic carbocycles. The Morgan fingerprint density at radius 1 is 1.17 bits per heavy atom. The number of carboxylic acids is 1. The van der Waals surface area contributed by atoms with Crippen LogP contribution in [-0.2, 0) is 4.79 Å². The maximum absolute atomic E-state index is 12.2. The molecule has 0 aromatic heterocycles. The highest BCUT2D eigenvalue weighted by Crippen LogP contribution is 2.55. The van der Waals surface area contributed by atoms with Gasteiger partial charge in [0.05, 0.1) is 0 Å². The van der Waals surface area contributed by atoms with Gasteiger partial charge in [-0.1, -0.05) is 63.3 Å². The molecule has 1 saturated heterocycles. The van der Waals surface area contributed by atoms with Crippen LogP contribution in [0.5, 0.6) is 0 Å². The zero-order chi connectivity index (χ0) is 16.8. The van der Waals surface area contributed by atoms with E-state index in [0.29, 0.717) is 5.92 Å². The zero-order valence-corrected chi connectivity index (χ0v) is 14.5. The van der Waals surface area contributed by atoms with Gasteiger partial charge in [-0.15, -0.1) is 0 Å². The van der Waals surface area contributed by atoms with Crippen molar-refractivity contribution in [1.82, 2.24) is 4.90 Å². The third kappa shape index (κ3) is 2.33. The summed E-state index contributed by atoms with van der Waals surface area (Å²) in [6.07, 6.45) is 6.43. The van der Waals surface area contributed by atoms with Crippen LogP contribution in [0, 0.1) is 11.3 Å². The Bertz CT molecular complexity index is 624. The summed E-state index contributed by atoms with van der Waals surface area (Å²) in [5.41, 5.74) is 0.727. The number of carbonyl (C=O) groups is 1. The van der Waals surface area contributed by atoms with Crippen LogP contribution in [0.25, 0.3) is 0 Å². The van der Waals surface area contributed by atoms with Gasteiger partial charge < -0.3 is 5.11 Å². The summed E-state index contributed by atoms with van der Waals surface area (Å²) < 4.78 is 0. The molecule has 3 heteroatoms. The highest BCUT2D eigenvalue weighted by atomic mass is 16.4. The summed E-state index contributed by atoms with van der Waals surface area (Å²) in [4.78, 5) is 14.5. The van der Waals surface area contributed by atoms with E-state index in [-0.39, 0.29) is 17.0 Å². The van der Waals surface area contributed by atoms with Crippen LogP contribution in [0.15, 0.2) is 42.5 Å². The minimum atomic E-state index is -0.704. The number of nitrogens with zero attached hydrogens (tertiary/aromatic N) is 1. The number of piperidine rings is 1. The van der Waals surface area contributed by atoms with E-state index in [1.807, 2.05) is 18.2 Å². The van der Waals surface area contributed by atoms with Crippen molar-refractivity contribution in [3.63, 3.8) is 0 Å². The number of rotatable bonds is 4. The molecule has 1 fully saturated rings. The summed E-state index contributed by atoms with van der Waals surface area (Å²) in [5.74, 6) is -0.332. The van der Waals surface area contributed by atoms with Gasteiger partial charge in [0, 0.05) is 17.0 Å². The number of benzene rings is 1. The van der Waals surface area contributed by atoms with Gasteiger partial charge in [0.2, 0.25) is 0 Å². The van der Waals surface area contributed by atoms with Crippen molar-refractivity contribution in [3.8, 4) is 0 Å². The highest BCUT2D eigenvalue weighted by Gasteiger charge is 2.59. The SMILES string of the molecule is CC(C)[C@]12C=C[C@@](C)(CC1)[C@@H](C(=O)O)N2[C@H](C)c1ccccc1. The molecule has 4 rings (SSSR count). The number of fused-ring (bicyclic) bond motifs is 2. The second-order valence-corrected chi connectivity index (χ2v) is 7.72. The fraction of sp³-hybridized carbons (Fsp3) is 0.550. The minimum Gasteiger partial charge on any atom is -0.480 e. The number of hydrogen-bond donors (Lipinski definition) is 1. The van der Waals surface area contributed by atoms with E-state index in [4.69, 9.17) is 0 Å². The van der Waals surface area contributed by atoms with Crippen LogP contribution in [0.4, 0.5) is 0 Å². The topological polar surface area (TPSA) is 40.5 Å². The van der Waals surface area contributed by atoms with E-state index < -0.39 is 12.0 Å². The van der Waals surface area contributed by atoms with Crippen molar-refractivity contribution in [2.45, 2.75) is 58.2 Å². The van der Waals surface area contributed by atoms with E-state index in [9.17, 15) is 9.90 Å². The summed E-state index contributed by atoms with van der Waals surface area (Å²) in [5, 5.41) is 10.0. The first-order valence-electron chi connectivity index (χ1n) is 8.58. The lowest BCUT2D eigenvalue weighted by molar-refractivity contribution is -0.164. The Morgan fingerprint density at radius 2 is 1.83 bits per heavy atom. The summed E-state index contributed by atoms with van der Waals surface area (Å²) in [6.45, 7) is 8.66. The van der Waals surface area contributed by atoms with Gasteiger partial charge in [-0.3, -0.25) is 9.69 Å². The van der Waals surface area contributed by atoms with E-state index in [0.717, 1.165) is 12.8 Å². The van der Waals surface area contributed by atoms with Crippen LogP contribution >= 0.6 is 0 Å². The summed E-state index contributed by atoms with van der Waals surface area (Å²) in [6, 6.07) is 9.88. The lowest BCUT2D eigenvalue weighted by Crippen LogP contribution is -2.69. The van der Waals surface area contributed by atoms with E-state index in [1.165, 1.54) is 5.56 Å². The molecule has 0 unspecified atom stereocenters. The Balaban J connectivity index is 2.13. The standard InChI is InChI=1S/C20H27NO2/c1-14(2)20-12-10-19(4,11-13-20)17(18(22)23)21(20)15(3)16-8-6-5-7-9-16/h5-10,12,14-15,17H,11,13H2,1-4H3,(H,22,23)/t15-,17-,19+,20+/m1/s1. The molecule has 2 bridgehead atoms. The molecule has 0 amide bonds. The molecule has 1 aliphatic carbocycles. The third-order valence-electron chi connectivity index (χ3n) is 6.13. The second kappa shape index (κ2) is 5.48. The quantitative estimate of drug-likeness (QED) is 0.844. The van der Waals surface area contributed by atoms with Crippen LogP contribution in [-0.4, -0.2) is 27.6 Å². The zero-order valence-electron chi connectivity index (χ0n) is 14.5. The molecule has 0 saturated carbocycles. The van der Waals surface area contributed by atoms with Crippen LogP contribution in [0.1, 0.15) is 52.1 Å². The molecule has 1 aromatic rings. The molecule has 124 valence electrons. The number of carboxylic acid groups (broad SMARTS) is 1. The lowest BCUT2D eigenvalue weighted by Gasteiger charge is -2.62. The first kappa shape index (κ1) is 16.3. The van der Waals surface area contributed by atoms with Gasteiger partial charge in [0.15, 0.2) is 0 Å². The van der Waals surface area contributed by atoms with Gasteiger partial charge in [-0.05, 0) is 31.2 Å². The Morgan fingerprint density at radius 3 is 2.30 bits per heavy atom. The predicted molar refractivity (Wildman–Crippen MR) is 92.2 cm³/mol. The highest BCUT2D eigenvalue weighted by molar-refractivity contribution is 5.76. The first-order chi connectivity index (χ1) is 10.8. The van der Waals surface area contributed by atoms with E-state index in [1.54, 1.807) is 0 Å². The molecular weight excluding hydrogens is 286 g/mol. The molecule has 4 atom stereocenters. The van der Waals surface area contributed by atoms with Gasteiger partial charge in [-0.2, -0.15) is 0 Å². The summed E-state index contributed by atoms with van der Waals surface area (Å²) in [7, 11) is 0. The fourth-order valence-corrected chi connectivity index (χ4v) is 4.63. The van der Waals surface area contributed by atoms with Crippen molar-refractivity contribution in [2.75, 3.05) is 0 Å². The van der Waals surface area contributed by atoms with Gasteiger partial charge >= 0.3 is 5.97 Å². The van der Waals surface area contributed by atoms with Crippen molar-refractivity contribution in [3.05, 3.63) is 48.0 Å². The van der Waals surface area contributed by atoms with Gasteiger partial charge in [0.25, 0.3) is 0 Å². The Hall–Kier alpha value is -1.61. The van der Waals surface area contributed by atoms with Crippen molar-refractivity contribution < 1.29 is 9.90 Å². The average Bonchev–Trinajstić information content (AvgIpc) is 2.54. The first-order valence-corrected chi connectivity index (χ1v) is 8.58. The monoisotopic (exact) mass is 313 g/mol. The van der Waals surface area contributed by atoms with E-state index in [2.05, 4.69) is 56.9 Å². The molecule has 3 nitrogen and oxygen atoms in total. The fourth-order valence-electron chi connectivity index (χ4n) is 4.63. The maximum Gasteiger partial charge on any atom is 0.321 e. The molecule has 1 N–H and O–H groups in total. The predicted octanol–water partition coefficient (Wildman–Crippen LogP) is 4.27. The Kier molecular flexibility index (Phi) is 3.88. The number of aliphatic carboxylic acids is 1. The maximum atomic E-state index is 12.2. The largest absolute Gasteiger partial charge is 0.480 e. The molecule has 2 heterocycles. The van der Waals surface area contributed by atoms with E-state index >= 15 is 0 Å². The Labute approximate surface area is 139 Å². The molecule has 23 heavy (non-hydrogen) atoms. The number of hydrogen-bond acceptors (Lipinski definition) is 2. The summed E-state index contributed by atoms with van der Waals surface area (Å²) >= 11 is 0. The normalized spacial score (nSPS) is 34.7. The van der Waals surface area contributed by atoms with Gasteiger partial charge in [-0.25, -0.2) is 0 Å². The second-order valence-electron chi connectivity index (χ2n) is 7.72. The van der Waals surface area contributed by atoms with Crippen LogP contribution < -0.4 is 0 Å². The molecule has 0 spiro atoms.